The van der Waals surface area contributed by atoms with Crippen LogP contribution in [0.2, 0.25) is 0 Å². The second-order valence-corrected chi connectivity index (χ2v) is 4.28. The molecule has 1 rings (SSSR count). The molecular weight excluding hydrogens is 148 g/mol. The van der Waals surface area contributed by atoms with E-state index in [0.717, 1.165) is 5.92 Å². The van der Waals surface area contributed by atoms with Gasteiger partial charge in [0.25, 0.3) is 0 Å². The predicted molar refractivity (Wildman–Crippen MR) is 52.2 cm³/mol. The summed E-state index contributed by atoms with van der Waals surface area (Å²) in [4.78, 5) is 0. The first kappa shape index (κ1) is 9.79. The zero-order valence-corrected chi connectivity index (χ0v) is 8.68. The molecule has 0 fully saturated rings. The molecule has 0 heterocycles. The molecule has 1 heteroatoms. The van der Waals surface area contributed by atoms with E-state index >= 15 is 0 Å². The third kappa shape index (κ3) is 2.10. The summed E-state index contributed by atoms with van der Waals surface area (Å²) in [6.45, 7) is 6.58. The average molecular weight is 168 g/mol. The zero-order valence-electron chi connectivity index (χ0n) is 8.68. The molecule has 1 aliphatic rings. The highest BCUT2D eigenvalue weighted by Crippen LogP contribution is 2.31. The van der Waals surface area contributed by atoms with Crippen molar-refractivity contribution in [3.8, 4) is 0 Å². The van der Waals surface area contributed by atoms with E-state index in [1.165, 1.54) is 24.8 Å². The van der Waals surface area contributed by atoms with Crippen LogP contribution < -0.4 is 0 Å². The molecule has 0 saturated carbocycles. The van der Waals surface area contributed by atoms with Crippen LogP contribution in [0.3, 0.4) is 0 Å². The Labute approximate surface area is 75.8 Å². The Kier molecular flexibility index (Phi) is 2.94. The predicted octanol–water partition coefficient (Wildman–Crippen LogP) is 3.16. The minimum atomic E-state index is -0.0469. The van der Waals surface area contributed by atoms with E-state index in [9.17, 15) is 0 Å². The Morgan fingerprint density at radius 2 is 2.17 bits per heavy atom. The van der Waals surface area contributed by atoms with Gasteiger partial charge in [0.15, 0.2) is 0 Å². The monoisotopic (exact) mass is 168 g/mol. The molecule has 70 valence electrons. The second-order valence-electron chi connectivity index (χ2n) is 4.28. The summed E-state index contributed by atoms with van der Waals surface area (Å²) >= 11 is 0. The average Bonchev–Trinajstić information content (AvgIpc) is 2.05. The Bertz CT molecular complexity index is 179. The molecule has 0 N–H and O–H groups in total. The van der Waals surface area contributed by atoms with Gasteiger partial charge in [0.1, 0.15) is 0 Å². The molecule has 0 aliphatic heterocycles. The number of allylic oxidation sites excluding steroid dienone is 1. The van der Waals surface area contributed by atoms with E-state index in [-0.39, 0.29) is 5.60 Å². The first-order chi connectivity index (χ1) is 5.56. The first-order valence-corrected chi connectivity index (χ1v) is 4.82. The maximum Gasteiger partial charge on any atom is 0.0831 e. The first-order valence-electron chi connectivity index (χ1n) is 4.82. The minimum Gasteiger partial charge on any atom is -0.374 e. The maximum absolute atomic E-state index is 5.46. The number of hydrogen-bond donors (Lipinski definition) is 0. The van der Waals surface area contributed by atoms with Crippen LogP contribution in [-0.2, 0) is 4.74 Å². The molecule has 0 aromatic heterocycles. The molecule has 0 spiro atoms. The summed E-state index contributed by atoms with van der Waals surface area (Å²) in [7, 11) is 1.79. The molecule has 1 nitrogen and oxygen atoms in total. The van der Waals surface area contributed by atoms with Gasteiger partial charge in [-0.1, -0.05) is 13.0 Å². The Morgan fingerprint density at radius 3 is 2.67 bits per heavy atom. The van der Waals surface area contributed by atoms with E-state index in [1.54, 1.807) is 7.11 Å². The fourth-order valence-electron chi connectivity index (χ4n) is 1.76. The molecule has 0 saturated heterocycles. The minimum absolute atomic E-state index is 0.0469. The van der Waals surface area contributed by atoms with E-state index in [0.29, 0.717) is 0 Å². The molecular formula is C11H20O. The van der Waals surface area contributed by atoms with Gasteiger partial charge in [-0.2, -0.15) is 0 Å². The summed E-state index contributed by atoms with van der Waals surface area (Å²) in [5.74, 6) is 0.739. The topological polar surface area (TPSA) is 9.23 Å². The van der Waals surface area contributed by atoms with Crippen LogP contribution in [0.15, 0.2) is 11.6 Å². The number of hydrogen-bond acceptors (Lipinski definition) is 1. The summed E-state index contributed by atoms with van der Waals surface area (Å²) in [5, 5.41) is 0. The molecule has 1 atom stereocenters. The van der Waals surface area contributed by atoms with Crippen molar-refractivity contribution in [3.63, 3.8) is 0 Å². The number of methoxy groups -OCH3 is 1. The number of ether oxygens (including phenoxy) is 1. The maximum atomic E-state index is 5.46. The summed E-state index contributed by atoms with van der Waals surface area (Å²) < 4.78 is 5.46. The standard InChI is InChI=1S/C11H20O/c1-9-6-5-7-10(8-9)11(2,3)12-4/h8-9H,5-7H2,1-4H3. The van der Waals surface area contributed by atoms with Crippen molar-refractivity contribution < 1.29 is 4.74 Å². The lowest BCUT2D eigenvalue weighted by molar-refractivity contribution is 0.0500. The van der Waals surface area contributed by atoms with Crippen molar-refractivity contribution in [1.29, 1.82) is 0 Å². The summed E-state index contributed by atoms with van der Waals surface area (Å²) in [5.41, 5.74) is 1.43. The molecule has 0 aromatic rings. The highest BCUT2D eigenvalue weighted by Gasteiger charge is 2.24. The van der Waals surface area contributed by atoms with Gasteiger partial charge in [-0.25, -0.2) is 0 Å². The Morgan fingerprint density at radius 1 is 1.50 bits per heavy atom. The molecule has 1 aliphatic carbocycles. The highest BCUT2D eigenvalue weighted by molar-refractivity contribution is 5.17. The molecule has 0 bridgehead atoms. The molecule has 0 aromatic carbocycles. The molecule has 1 unspecified atom stereocenters. The van der Waals surface area contributed by atoms with Gasteiger partial charge in [0, 0.05) is 7.11 Å². The van der Waals surface area contributed by atoms with Crippen LogP contribution in [0.4, 0.5) is 0 Å². The number of rotatable bonds is 2. The Balaban J connectivity index is 2.73. The molecule has 12 heavy (non-hydrogen) atoms. The van der Waals surface area contributed by atoms with Crippen LogP contribution in [0.25, 0.3) is 0 Å². The van der Waals surface area contributed by atoms with Gasteiger partial charge in [-0.15, -0.1) is 0 Å². The van der Waals surface area contributed by atoms with Gasteiger partial charge in [0.2, 0.25) is 0 Å². The third-order valence-corrected chi connectivity index (χ3v) is 2.87. The van der Waals surface area contributed by atoms with Gasteiger partial charge in [0.05, 0.1) is 5.60 Å². The zero-order chi connectivity index (χ0) is 9.19. The smallest absolute Gasteiger partial charge is 0.0831 e. The third-order valence-electron chi connectivity index (χ3n) is 2.87. The van der Waals surface area contributed by atoms with Crippen LogP contribution >= 0.6 is 0 Å². The lowest BCUT2D eigenvalue weighted by Gasteiger charge is -2.30. The SMILES string of the molecule is COC(C)(C)C1=CC(C)CCC1. The quantitative estimate of drug-likeness (QED) is 0.575. The van der Waals surface area contributed by atoms with E-state index in [1.807, 2.05) is 0 Å². The van der Waals surface area contributed by atoms with Gasteiger partial charge in [-0.05, 0) is 44.6 Å². The van der Waals surface area contributed by atoms with Crippen molar-refractivity contribution in [2.45, 2.75) is 45.6 Å². The van der Waals surface area contributed by atoms with E-state index in [2.05, 4.69) is 26.8 Å². The van der Waals surface area contributed by atoms with Crippen LogP contribution in [0, 0.1) is 5.92 Å². The van der Waals surface area contributed by atoms with Crippen molar-refractivity contribution >= 4 is 0 Å². The van der Waals surface area contributed by atoms with Crippen LogP contribution in [0.1, 0.15) is 40.0 Å². The van der Waals surface area contributed by atoms with Crippen molar-refractivity contribution in [2.75, 3.05) is 7.11 Å². The molecule has 0 amide bonds. The summed E-state index contributed by atoms with van der Waals surface area (Å²) in [6.07, 6.45) is 6.25. The lowest BCUT2D eigenvalue weighted by atomic mass is 9.84. The lowest BCUT2D eigenvalue weighted by Crippen LogP contribution is -2.27. The van der Waals surface area contributed by atoms with Gasteiger partial charge >= 0.3 is 0 Å². The van der Waals surface area contributed by atoms with Crippen LogP contribution in [0.5, 0.6) is 0 Å². The largest absolute Gasteiger partial charge is 0.374 e. The van der Waals surface area contributed by atoms with Gasteiger partial charge < -0.3 is 4.74 Å². The van der Waals surface area contributed by atoms with Gasteiger partial charge in [-0.3, -0.25) is 0 Å². The fraction of sp³-hybridized carbons (Fsp3) is 0.818. The normalized spacial score (nSPS) is 25.3. The Hall–Kier alpha value is -0.300. The summed E-state index contributed by atoms with van der Waals surface area (Å²) in [6, 6.07) is 0. The van der Waals surface area contributed by atoms with E-state index in [4.69, 9.17) is 4.74 Å². The molecule has 0 radical (unpaired) electrons. The fourth-order valence-corrected chi connectivity index (χ4v) is 1.76. The van der Waals surface area contributed by atoms with Crippen LogP contribution in [-0.4, -0.2) is 12.7 Å². The van der Waals surface area contributed by atoms with Crippen molar-refractivity contribution in [3.05, 3.63) is 11.6 Å². The highest BCUT2D eigenvalue weighted by atomic mass is 16.5. The van der Waals surface area contributed by atoms with Crippen molar-refractivity contribution in [2.24, 2.45) is 5.92 Å². The second kappa shape index (κ2) is 3.61. The van der Waals surface area contributed by atoms with E-state index < -0.39 is 0 Å². The van der Waals surface area contributed by atoms with Crippen molar-refractivity contribution in [1.82, 2.24) is 0 Å².